The first-order valence-electron chi connectivity index (χ1n) is 10.4. The molecule has 0 aliphatic carbocycles. The standard InChI is InChI=1S/C25H27N3O/c1-20-19-25(23-14-8-9-15-24(23)27-20)29-18-10-3-2-5-13-22-16-17-26-28(22)21-11-6-4-7-12-21/h4,6-9,11-12,14-17,19H,2-3,5,10,13,18H2,1H3. The first kappa shape index (κ1) is 19.2. The largest absolute Gasteiger partial charge is 0.493 e. The van der Waals surface area contributed by atoms with Crippen LogP contribution < -0.4 is 4.74 Å². The number of aryl methyl sites for hydroxylation is 2. The molecule has 0 spiro atoms. The Morgan fingerprint density at radius 3 is 2.55 bits per heavy atom. The summed E-state index contributed by atoms with van der Waals surface area (Å²) in [5, 5.41) is 5.56. The van der Waals surface area contributed by atoms with Crippen molar-refractivity contribution in [2.24, 2.45) is 0 Å². The molecular weight excluding hydrogens is 358 g/mol. The van der Waals surface area contributed by atoms with E-state index in [2.05, 4.69) is 34.3 Å². The number of hydrogen-bond donors (Lipinski definition) is 0. The number of pyridine rings is 1. The van der Waals surface area contributed by atoms with Crippen LogP contribution in [0.5, 0.6) is 5.75 Å². The van der Waals surface area contributed by atoms with Gasteiger partial charge in [0.1, 0.15) is 5.75 Å². The van der Waals surface area contributed by atoms with Crippen molar-refractivity contribution in [2.45, 2.75) is 39.0 Å². The number of benzene rings is 2. The van der Waals surface area contributed by atoms with Crippen molar-refractivity contribution >= 4 is 10.9 Å². The van der Waals surface area contributed by atoms with Gasteiger partial charge >= 0.3 is 0 Å². The topological polar surface area (TPSA) is 39.9 Å². The number of nitrogens with zero attached hydrogens (tertiary/aromatic N) is 3. The molecule has 0 atom stereocenters. The van der Waals surface area contributed by atoms with Crippen molar-refractivity contribution in [2.75, 3.05) is 6.61 Å². The molecule has 0 N–H and O–H groups in total. The number of hydrogen-bond acceptors (Lipinski definition) is 3. The van der Waals surface area contributed by atoms with Crippen molar-refractivity contribution in [3.05, 3.63) is 84.3 Å². The lowest BCUT2D eigenvalue weighted by Crippen LogP contribution is -2.02. The molecule has 0 saturated carbocycles. The predicted octanol–water partition coefficient (Wildman–Crippen LogP) is 5.91. The smallest absolute Gasteiger partial charge is 0.130 e. The normalized spacial score (nSPS) is 11.1. The molecule has 2 aromatic heterocycles. The molecule has 29 heavy (non-hydrogen) atoms. The first-order chi connectivity index (χ1) is 14.3. The van der Waals surface area contributed by atoms with E-state index < -0.39 is 0 Å². The molecule has 2 heterocycles. The van der Waals surface area contributed by atoms with Gasteiger partial charge in [0.05, 0.1) is 17.8 Å². The lowest BCUT2D eigenvalue weighted by Gasteiger charge is -2.10. The summed E-state index contributed by atoms with van der Waals surface area (Å²) in [5.74, 6) is 0.944. The van der Waals surface area contributed by atoms with E-state index in [0.717, 1.165) is 53.9 Å². The number of rotatable bonds is 9. The summed E-state index contributed by atoms with van der Waals surface area (Å²) in [6.07, 6.45) is 7.52. The van der Waals surface area contributed by atoms with Gasteiger partial charge in [0.2, 0.25) is 0 Å². The quantitative estimate of drug-likeness (QED) is 0.336. The van der Waals surface area contributed by atoms with Gasteiger partial charge in [0, 0.05) is 29.0 Å². The number of aromatic nitrogens is 3. The number of ether oxygens (including phenoxy) is 1. The number of fused-ring (bicyclic) bond motifs is 1. The Morgan fingerprint density at radius 2 is 1.66 bits per heavy atom. The molecule has 4 aromatic rings. The average Bonchev–Trinajstić information content (AvgIpc) is 3.22. The highest BCUT2D eigenvalue weighted by Crippen LogP contribution is 2.25. The van der Waals surface area contributed by atoms with Gasteiger partial charge in [0.15, 0.2) is 0 Å². The number of para-hydroxylation sites is 2. The first-order valence-corrected chi connectivity index (χ1v) is 10.4. The van der Waals surface area contributed by atoms with E-state index >= 15 is 0 Å². The van der Waals surface area contributed by atoms with Crippen LogP contribution in [-0.2, 0) is 6.42 Å². The molecule has 4 nitrogen and oxygen atoms in total. The molecular formula is C25H27N3O. The van der Waals surface area contributed by atoms with E-state index in [0.29, 0.717) is 0 Å². The van der Waals surface area contributed by atoms with Crippen molar-refractivity contribution in [3.8, 4) is 11.4 Å². The monoisotopic (exact) mass is 385 g/mol. The molecule has 4 heteroatoms. The van der Waals surface area contributed by atoms with Gasteiger partial charge in [-0.2, -0.15) is 5.10 Å². The zero-order valence-corrected chi connectivity index (χ0v) is 16.9. The summed E-state index contributed by atoms with van der Waals surface area (Å²) in [7, 11) is 0. The molecule has 0 amide bonds. The summed E-state index contributed by atoms with van der Waals surface area (Å²) in [6, 6.07) is 22.6. The summed E-state index contributed by atoms with van der Waals surface area (Å²) >= 11 is 0. The highest BCUT2D eigenvalue weighted by Gasteiger charge is 2.06. The lowest BCUT2D eigenvalue weighted by molar-refractivity contribution is 0.307. The van der Waals surface area contributed by atoms with Gasteiger partial charge in [0.25, 0.3) is 0 Å². The van der Waals surface area contributed by atoms with E-state index in [9.17, 15) is 0 Å². The summed E-state index contributed by atoms with van der Waals surface area (Å²) in [6.45, 7) is 2.76. The van der Waals surface area contributed by atoms with Gasteiger partial charge in [-0.1, -0.05) is 43.2 Å². The molecule has 0 aliphatic heterocycles. The van der Waals surface area contributed by atoms with Crippen LogP contribution in [0.4, 0.5) is 0 Å². The molecule has 0 aliphatic rings. The molecule has 148 valence electrons. The second kappa shape index (κ2) is 9.37. The summed E-state index contributed by atoms with van der Waals surface area (Å²) < 4.78 is 8.12. The Balaban J connectivity index is 1.22. The minimum Gasteiger partial charge on any atom is -0.493 e. The van der Waals surface area contributed by atoms with Crippen LogP contribution in [0.1, 0.15) is 37.1 Å². The molecule has 4 rings (SSSR count). The van der Waals surface area contributed by atoms with E-state index in [1.54, 1.807) is 0 Å². The third-order valence-electron chi connectivity index (χ3n) is 5.11. The van der Waals surface area contributed by atoms with Crippen molar-refractivity contribution < 1.29 is 4.74 Å². The molecule has 0 fully saturated rings. The van der Waals surface area contributed by atoms with Crippen LogP contribution in [0.15, 0.2) is 72.9 Å². The summed E-state index contributed by atoms with van der Waals surface area (Å²) in [4.78, 5) is 4.57. The van der Waals surface area contributed by atoms with Gasteiger partial charge in [-0.3, -0.25) is 4.98 Å². The number of unbranched alkanes of at least 4 members (excludes halogenated alkanes) is 3. The second-order valence-electron chi connectivity index (χ2n) is 7.36. The highest BCUT2D eigenvalue weighted by molar-refractivity contribution is 5.85. The second-order valence-corrected chi connectivity index (χ2v) is 7.36. The van der Waals surface area contributed by atoms with E-state index in [1.807, 2.05) is 60.3 Å². The van der Waals surface area contributed by atoms with Crippen molar-refractivity contribution in [3.63, 3.8) is 0 Å². The van der Waals surface area contributed by atoms with Crippen LogP contribution in [0.25, 0.3) is 16.6 Å². The molecule has 0 saturated heterocycles. The Bertz CT molecular complexity index is 1060. The minimum absolute atomic E-state index is 0.745. The Morgan fingerprint density at radius 1 is 0.862 bits per heavy atom. The highest BCUT2D eigenvalue weighted by atomic mass is 16.5. The fourth-order valence-electron chi connectivity index (χ4n) is 3.65. The summed E-state index contributed by atoms with van der Waals surface area (Å²) in [5.41, 5.74) is 4.39. The SMILES string of the molecule is Cc1cc(OCCCCCCc2ccnn2-c2ccccc2)c2ccccc2n1. The fraction of sp³-hybridized carbons (Fsp3) is 0.280. The lowest BCUT2D eigenvalue weighted by atomic mass is 10.1. The Labute approximate surface area is 172 Å². The van der Waals surface area contributed by atoms with E-state index in [1.165, 1.54) is 18.5 Å². The fourth-order valence-corrected chi connectivity index (χ4v) is 3.65. The van der Waals surface area contributed by atoms with Crippen LogP contribution in [0.3, 0.4) is 0 Å². The van der Waals surface area contributed by atoms with Gasteiger partial charge < -0.3 is 4.74 Å². The molecule has 0 radical (unpaired) electrons. The molecule has 0 bridgehead atoms. The van der Waals surface area contributed by atoms with Gasteiger partial charge in [-0.05, 0) is 56.5 Å². The maximum Gasteiger partial charge on any atom is 0.130 e. The van der Waals surface area contributed by atoms with Crippen molar-refractivity contribution in [1.82, 2.24) is 14.8 Å². The zero-order chi connectivity index (χ0) is 19.9. The van der Waals surface area contributed by atoms with E-state index in [4.69, 9.17) is 4.74 Å². The minimum atomic E-state index is 0.745. The maximum atomic E-state index is 6.08. The predicted molar refractivity (Wildman–Crippen MR) is 118 cm³/mol. The van der Waals surface area contributed by atoms with Crippen LogP contribution in [0.2, 0.25) is 0 Å². The Hall–Kier alpha value is -3.14. The zero-order valence-electron chi connectivity index (χ0n) is 16.9. The van der Waals surface area contributed by atoms with Crippen LogP contribution >= 0.6 is 0 Å². The molecule has 0 unspecified atom stereocenters. The Kier molecular flexibility index (Phi) is 6.20. The average molecular weight is 386 g/mol. The third kappa shape index (κ3) is 4.83. The van der Waals surface area contributed by atoms with Crippen LogP contribution in [-0.4, -0.2) is 21.4 Å². The maximum absolute atomic E-state index is 6.08. The van der Waals surface area contributed by atoms with E-state index in [-0.39, 0.29) is 0 Å². The molecule has 2 aromatic carbocycles. The van der Waals surface area contributed by atoms with Gasteiger partial charge in [-0.25, -0.2) is 4.68 Å². The van der Waals surface area contributed by atoms with Crippen molar-refractivity contribution in [1.29, 1.82) is 0 Å². The van der Waals surface area contributed by atoms with Crippen LogP contribution in [0, 0.1) is 6.92 Å². The third-order valence-corrected chi connectivity index (χ3v) is 5.11. The van der Waals surface area contributed by atoms with Gasteiger partial charge in [-0.15, -0.1) is 0 Å².